The molecule has 1 aliphatic heterocycles. The fourth-order valence-electron chi connectivity index (χ4n) is 3.68. The largest absolute Gasteiger partial charge is 0.459 e. The van der Waals surface area contributed by atoms with Crippen molar-refractivity contribution in [3.8, 4) is 0 Å². The molecule has 1 fully saturated rings. The predicted molar refractivity (Wildman–Crippen MR) is 119 cm³/mol. The number of thiazole rings is 1. The van der Waals surface area contributed by atoms with E-state index in [1.807, 2.05) is 32.0 Å². The molecule has 0 unspecified atom stereocenters. The zero-order valence-corrected chi connectivity index (χ0v) is 17.9. The van der Waals surface area contributed by atoms with Gasteiger partial charge >= 0.3 is 5.97 Å². The Bertz CT molecular complexity index is 1010. The Kier molecular flexibility index (Phi) is 6.11. The van der Waals surface area contributed by atoms with Crippen LogP contribution in [-0.4, -0.2) is 41.0 Å². The van der Waals surface area contributed by atoms with Gasteiger partial charge in [0.25, 0.3) is 0 Å². The van der Waals surface area contributed by atoms with E-state index < -0.39 is 0 Å². The molecule has 7 heteroatoms. The van der Waals surface area contributed by atoms with Crippen LogP contribution in [0.1, 0.15) is 48.1 Å². The maximum atomic E-state index is 12.6. The van der Waals surface area contributed by atoms with Crippen LogP contribution >= 0.6 is 11.3 Å². The number of fused-ring (bicyclic) bond motifs is 1. The number of carbonyl (C=O) groups is 2. The minimum atomic E-state index is -0.362. The topological polar surface area (TPSA) is 71.5 Å². The molecule has 1 aromatic heterocycles. The van der Waals surface area contributed by atoms with Crippen LogP contribution < -0.4 is 5.32 Å². The number of anilines is 1. The Hall–Kier alpha value is -2.77. The number of nitrogens with zero attached hydrogens (tertiary/aromatic N) is 2. The highest BCUT2D eigenvalue weighted by atomic mass is 32.1. The maximum absolute atomic E-state index is 12.6. The summed E-state index contributed by atoms with van der Waals surface area (Å²) in [5.74, 6) is -0.431. The van der Waals surface area contributed by atoms with Crippen molar-refractivity contribution >= 4 is 39.1 Å². The monoisotopic (exact) mass is 423 g/mol. The third-order valence-electron chi connectivity index (χ3n) is 5.05. The fourth-order valence-corrected chi connectivity index (χ4v) is 4.82. The van der Waals surface area contributed by atoms with Crippen molar-refractivity contribution in [3.63, 3.8) is 0 Å². The van der Waals surface area contributed by atoms with Gasteiger partial charge in [0, 0.05) is 5.69 Å². The predicted octanol–water partition coefficient (Wildman–Crippen LogP) is 4.64. The first kappa shape index (κ1) is 20.5. The highest BCUT2D eigenvalue weighted by molar-refractivity contribution is 7.18. The lowest BCUT2D eigenvalue weighted by atomic mass is 10.2. The minimum Gasteiger partial charge on any atom is -0.459 e. The lowest BCUT2D eigenvalue weighted by molar-refractivity contribution is -0.117. The lowest BCUT2D eigenvalue weighted by Gasteiger charge is -2.22. The van der Waals surface area contributed by atoms with Crippen LogP contribution in [0.4, 0.5) is 5.69 Å². The summed E-state index contributed by atoms with van der Waals surface area (Å²) >= 11 is 1.71. The highest BCUT2D eigenvalue weighted by Crippen LogP contribution is 2.36. The summed E-state index contributed by atoms with van der Waals surface area (Å²) in [5.41, 5.74) is 2.15. The summed E-state index contributed by atoms with van der Waals surface area (Å²) < 4.78 is 6.36. The molecule has 0 bridgehead atoms. The van der Waals surface area contributed by atoms with Gasteiger partial charge in [-0.1, -0.05) is 12.1 Å². The molecular weight excluding hydrogens is 398 g/mol. The quantitative estimate of drug-likeness (QED) is 0.585. The van der Waals surface area contributed by atoms with Crippen molar-refractivity contribution in [2.45, 2.75) is 38.8 Å². The number of carbonyl (C=O) groups excluding carboxylic acids is 2. The molecular formula is C23H25N3O3S. The molecule has 6 nitrogen and oxygen atoms in total. The molecule has 1 saturated heterocycles. The van der Waals surface area contributed by atoms with E-state index in [2.05, 4.69) is 16.3 Å². The summed E-state index contributed by atoms with van der Waals surface area (Å²) in [6, 6.07) is 15.1. The number of benzene rings is 2. The smallest absolute Gasteiger partial charge is 0.338 e. The Morgan fingerprint density at radius 3 is 2.70 bits per heavy atom. The third-order valence-corrected chi connectivity index (χ3v) is 6.19. The number of para-hydroxylation sites is 1. The molecule has 4 rings (SSSR count). The first-order chi connectivity index (χ1) is 14.5. The molecule has 2 aromatic carbocycles. The van der Waals surface area contributed by atoms with Crippen molar-refractivity contribution in [1.82, 2.24) is 9.88 Å². The van der Waals surface area contributed by atoms with Crippen LogP contribution in [0.2, 0.25) is 0 Å². The van der Waals surface area contributed by atoms with Crippen molar-refractivity contribution in [2.75, 3.05) is 18.4 Å². The number of likely N-dealkylation sites (tertiary alicyclic amines) is 1. The summed E-state index contributed by atoms with van der Waals surface area (Å²) in [5, 5.41) is 4.00. The van der Waals surface area contributed by atoms with E-state index in [4.69, 9.17) is 9.72 Å². The zero-order chi connectivity index (χ0) is 21.1. The number of hydrogen-bond donors (Lipinski definition) is 1. The van der Waals surface area contributed by atoms with Crippen LogP contribution in [0.25, 0.3) is 10.2 Å². The van der Waals surface area contributed by atoms with Gasteiger partial charge in [-0.3, -0.25) is 9.69 Å². The van der Waals surface area contributed by atoms with Gasteiger partial charge in [-0.15, -0.1) is 11.3 Å². The van der Waals surface area contributed by atoms with Crippen LogP contribution in [0.3, 0.4) is 0 Å². The van der Waals surface area contributed by atoms with Gasteiger partial charge in [-0.05, 0) is 69.6 Å². The molecule has 1 atom stereocenters. The fraction of sp³-hybridized carbons (Fsp3) is 0.348. The van der Waals surface area contributed by atoms with Gasteiger partial charge in [0.1, 0.15) is 5.01 Å². The van der Waals surface area contributed by atoms with Gasteiger partial charge < -0.3 is 10.1 Å². The highest BCUT2D eigenvalue weighted by Gasteiger charge is 2.30. The second-order valence-corrected chi connectivity index (χ2v) is 8.79. The van der Waals surface area contributed by atoms with Crippen LogP contribution in [0.15, 0.2) is 48.5 Å². The van der Waals surface area contributed by atoms with E-state index in [1.165, 1.54) is 4.70 Å². The SMILES string of the molecule is CC(C)OC(=O)c1ccc(NC(=O)CN2CCC[C@H]2c2nc3ccccc3s2)cc1. The van der Waals surface area contributed by atoms with E-state index >= 15 is 0 Å². The molecule has 0 saturated carbocycles. The molecule has 156 valence electrons. The molecule has 3 aromatic rings. The van der Waals surface area contributed by atoms with Crippen molar-refractivity contribution in [1.29, 1.82) is 0 Å². The van der Waals surface area contributed by atoms with E-state index in [9.17, 15) is 9.59 Å². The van der Waals surface area contributed by atoms with Crippen LogP contribution in [0.5, 0.6) is 0 Å². The van der Waals surface area contributed by atoms with Gasteiger partial charge in [0.2, 0.25) is 5.91 Å². The molecule has 0 spiro atoms. The Morgan fingerprint density at radius 1 is 1.20 bits per heavy atom. The summed E-state index contributed by atoms with van der Waals surface area (Å²) in [4.78, 5) is 31.5. The Balaban J connectivity index is 1.37. The summed E-state index contributed by atoms with van der Waals surface area (Å²) in [6.07, 6.45) is 1.90. The normalized spacial score (nSPS) is 16.8. The molecule has 0 radical (unpaired) electrons. The van der Waals surface area contributed by atoms with E-state index in [0.717, 1.165) is 29.9 Å². The molecule has 2 heterocycles. The molecule has 1 aliphatic rings. The van der Waals surface area contributed by atoms with Crippen molar-refractivity contribution < 1.29 is 14.3 Å². The Morgan fingerprint density at radius 2 is 1.97 bits per heavy atom. The maximum Gasteiger partial charge on any atom is 0.338 e. The Labute approximate surface area is 179 Å². The average Bonchev–Trinajstić information content (AvgIpc) is 3.34. The molecule has 1 N–H and O–H groups in total. The lowest BCUT2D eigenvalue weighted by Crippen LogP contribution is -2.32. The number of ether oxygens (including phenoxy) is 1. The second-order valence-electron chi connectivity index (χ2n) is 7.73. The van der Waals surface area contributed by atoms with Crippen molar-refractivity contribution in [2.24, 2.45) is 0 Å². The van der Waals surface area contributed by atoms with Crippen LogP contribution in [-0.2, 0) is 9.53 Å². The number of amides is 1. The van der Waals surface area contributed by atoms with E-state index in [0.29, 0.717) is 17.8 Å². The van der Waals surface area contributed by atoms with Gasteiger partial charge in [0.15, 0.2) is 0 Å². The second kappa shape index (κ2) is 8.93. The van der Waals surface area contributed by atoms with Crippen molar-refractivity contribution in [3.05, 3.63) is 59.1 Å². The first-order valence-corrected chi connectivity index (χ1v) is 11.0. The van der Waals surface area contributed by atoms with E-state index in [1.54, 1.807) is 35.6 Å². The number of aromatic nitrogens is 1. The van der Waals surface area contributed by atoms with Gasteiger partial charge in [0.05, 0.1) is 34.5 Å². The third kappa shape index (κ3) is 4.68. The summed E-state index contributed by atoms with van der Waals surface area (Å²) in [6.45, 7) is 4.82. The molecule has 1 amide bonds. The number of esters is 1. The molecule has 0 aliphatic carbocycles. The minimum absolute atomic E-state index is 0.0690. The average molecular weight is 424 g/mol. The van der Waals surface area contributed by atoms with Gasteiger partial charge in [-0.2, -0.15) is 0 Å². The summed E-state index contributed by atoms with van der Waals surface area (Å²) in [7, 11) is 0. The number of hydrogen-bond acceptors (Lipinski definition) is 6. The standard InChI is InChI=1S/C23H25N3O3S/c1-15(2)29-23(28)16-9-11-17(12-10-16)24-21(27)14-26-13-5-7-19(26)22-25-18-6-3-4-8-20(18)30-22/h3-4,6,8-12,15,19H,5,7,13-14H2,1-2H3,(H,24,27)/t19-/m0/s1. The number of rotatable bonds is 6. The van der Waals surface area contributed by atoms with Crippen LogP contribution in [0, 0.1) is 0 Å². The zero-order valence-electron chi connectivity index (χ0n) is 17.1. The number of nitrogens with one attached hydrogen (secondary N) is 1. The molecule has 30 heavy (non-hydrogen) atoms. The van der Waals surface area contributed by atoms with Gasteiger partial charge in [-0.25, -0.2) is 9.78 Å². The first-order valence-electron chi connectivity index (χ1n) is 10.2. The van der Waals surface area contributed by atoms with E-state index in [-0.39, 0.29) is 24.0 Å².